The first kappa shape index (κ1) is 17.8. The van der Waals surface area contributed by atoms with Gasteiger partial charge in [0, 0.05) is 13.2 Å². The molecule has 0 aliphatic carbocycles. The molecule has 0 radical (unpaired) electrons. The summed E-state index contributed by atoms with van der Waals surface area (Å²) in [5.74, 6) is 0.369. The first-order valence-corrected chi connectivity index (χ1v) is 8.34. The van der Waals surface area contributed by atoms with E-state index in [1.807, 2.05) is 38.1 Å². The highest BCUT2D eigenvalue weighted by Gasteiger charge is 2.18. The third kappa shape index (κ3) is 6.20. The van der Waals surface area contributed by atoms with E-state index in [4.69, 9.17) is 9.47 Å². The van der Waals surface area contributed by atoms with E-state index in [1.165, 1.54) is 0 Å². The van der Waals surface area contributed by atoms with Gasteiger partial charge in [-0.3, -0.25) is 4.79 Å². The van der Waals surface area contributed by atoms with E-state index in [2.05, 4.69) is 5.32 Å². The predicted octanol–water partition coefficient (Wildman–Crippen LogP) is 2.83. The Kier molecular flexibility index (Phi) is 6.86. The van der Waals surface area contributed by atoms with E-state index in [0.29, 0.717) is 25.5 Å². The Labute approximate surface area is 138 Å². The molecule has 1 aromatic rings. The van der Waals surface area contributed by atoms with Gasteiger partial charge in [-0.2, -0.15) is 0 Å². The smallest absolute Gasteiger partial charge is 0.320 e. The van der Waals surface area contributed by atoms with E-state index in [1.54, 1.807) is 0 Å². The molecule has 5 heteroatoms. The number of hydrogen-bond acceptors (Lipinski definition) is 4. The average Bonchev–Trinajstić information content (AvgIpc) is 3.03. The molecule has 23 heavy (non-hydrogen) atoms. The van der Waals surface area contributed by atoms with Gasteiger partial charge in [0.1, 0.15) is 18.4 Å². The molecule has 0 bridgehead atoms. The van der Waals surface area contributed by atoms with E-state index < -0.39 is 12.0 Å². The zero-order valence-electron chi connectivity index (χ0n) is 14.0. The highest BCUT2D eigenvalue weighted by atomic mass is 16.5. The number of carboxylic acid groups (broad SMARTS) is 1. The van der Waals surface area contributed by atoms with Gasteiger partial charge in [-0.1, -0.05) is 26.0 Å². The van der Waals surface area contributed by atoms with Crippen molar-refractivity contribution in [3.05, 3.63) is 29.8 Å². The molecule has 0 amide bonds. The highest BCUT2D eigenvalue weighted by molar-refractivity contribution is 5.73. The van der Waals surface area contributed by atoms with Crippen LogP contribution in [0.1, 0.15) is 38.7 Å². The summed E-state index contributed by atoms with van der Waals surface area (Å²) in [5.41, 5.74) is 1.05. The second-order valence-electron chi connectivity index (χ2n) is 6.49. The summed E-state index contributed by atoms with van der Waals surface area (Å²) < 4.78 is 11.2. The second kappa shape index (κ2) is 8.89. The molecule has 1 heterocycles. The summed E-state index contributed by atoms with van der Waals surface area (Å²) in [7, 11) is 0. The number of aliphatic carboxylic acids is 1. The van der Waals surface area contributed by atoms with Crippen LogP contribution < -0.4 is 10.1 Å². The monoisotopic (exact) mass is 321 g/mol. The molecule has 2 N–H and O–H groups in total. The molecule has 1 fully saturated rings. The van der Waals surface area contributed by atoms with Gasteiger partial charge < -0.3 is 19.9 Å². The quantitative estimate of drug-likeness (QED) is 0.732. The zero-order valence-corrected chi connectivity index (χ0v) is 14.0. The van der Waals surface area contributed by atoms with Crippen LogP contribution in [0.4, 0.5) is 0 Å². The summed E-state index contributed by atoms with van der Waals surface area (Å²) >= 11 is 0. The van der Waals surface area contributed by atoms with Crippen molar-refractivity contribution in [2.75, 3.05) is 13.2 Å². The van der Waals surface area contributed by atoms with Crippen LogP contribution >= 0.6 is 0 Å². The van der Waals surface area contributed by atoms with Gasteiger partial charge in [0.25, 0.3) is 0 Å². The molecule has 128 valence electrons. The van der Waals surface area contributed by atoms with Gasteiger partial charge in [-0.05, 0) is 42.9 Å². The van der Waals surface area contributed by atoms with E-state index in [9.17, 15) is 9.90 Å². The standard InChI is InChI=1S/C18H27NO4/c1-13(2)10-17(18(20)21)19-11-14-5-7-15(8-6-14)23-12-16-4-3-9-22-16/h5-8,13,16-17,19H,3-4,9-12H2,1-2H3,(H,20,21)/t16?,17-/m0/s1. The van der Waals surface area contributed by atoms with Crippen LogP contribution in [0.25, 0.3) is 0 Å². The van der Waals surface area contributed by atoms with Crippen molar-refractivity contribution in [3.63, 3.8) is 0 Å². The number of nitrogens with one attached hydrogen (secondary N) is 1. The minimum Gasteiger partial charge on any atom is -0.491 e. The van der Waals surface area contributed by atoms with Gasteiger partial charge in [0.15, 0.2) is 0 Å². The van der Waals surface area contributed by atoms with Crippen molar-refractivity contribution in [2.45, 2.75) is 51.8 Å². The fourth-order valence-corrected chi connectivity index (χ4v) is 2.65. The van der Waals surface area contributed by atoms with Crippen LogP contribution in [0.3, 0.4) is 0 Å². The Hall–Kier alpha value is -1.59. The topological polar surface area (TPSA) is 67.8 Å². The Bertz CT molecular complexity index is 480. The fourth-order valence-electron chi connectivity index (χ4n) is 2.65. The minimum atomic E-state index is -0.796. The SMILES string of the molecule is CC(C)C[C@H](NCc1ccc(OCC2CCCO2)cc1)C(=O)O. The molecule has 0 saturated carbocycles. The maximum atomic E-state index is 11.2. The Morgan fingerprint density at radius 1 is 1.39 bits per heavy atom. The predicted molar refractivity (Wildman–Crippen MR) is 88.6 cm³/mol. The second-order valence-corrected chi connectivity index (χ2v) is 6.49. The van der Waals surface area contributed by atoms with Crippen molar-refractivity contribution in [1.29, 1.82) is 0 Å². The van der Waals surface area contributed by atoms with E-state index in [0.717, 1.165) is 30.8 Å². The van der Waals surface area contributed by atoms with Gasteiger partial charge in [0.05, 0.1) is 6.10 Å². The van der Waals surface area contributed by atoms with Gasteiger partial charge in [-0.25, -0.2) is 0 Å². The number of ether oxygens (including phenoxy) is 2. The number of carbonyl (C=O) groups is 1. The van der Waals surface area contributed by atoms with Crippen molar-refractivity contribution >= 4 is 5.97 Å². The summed E-state index contributed by atoms with van der Waals surface area (Å²) in [4.78, 5) is 11.2. The largest absolute Gasteiger partial charge is 0.491 e. The normalized spacial score (nSPS) is 19.0. The average molecular weight is 321 g/mol. The van der Waals surface area contributed by atoms with Gasteiger partial charge in [0.2, 0.25) is 0 Å². The van der Waals surface area contributed by atoms with E-state index >= 15 is 0 Å². The van der Waals surface area contributed by atoms with Crippen molar-refractivity contribution in [3.8, 4) is 5.75 Å². The van der Waals surface area contributed by atoms with Crippen molar-refractivity contribution in [1.82, 2.24) is 5.32 Å². The van der Waals surface area contributed by atoms with Crippen LogP contribution in [0, 0.1) is 5.92 Å². The van der Waals surface area contributed by atoms with Crippen LogP contribution in [-0.2, 0) is 16.1 Å². The van der Waals surface area contributed by atoms with Crippen LogP contribution in [0.15, 0.2) is 24.3 Å². The molecule has 1 saturated heterocycles. The number of benzene rings is 1. The van der Waals surface area contributed by atoms with Gasteiger partial charge in [-0.15, -0.1) is 0 Å². The first-order valence-electron chi connectivity index (χ1n) is 8.34. The molecule has 1 aliphatic heterocycles. The minimum absolute atomic E-state index is 0.212. The lowest BCUT2D eigenvalue weighted by Crippen LogP contribution is -2.37. The summed E-state index contributed by atoms with van der Waals surface area (Å²) in [5, 5.41) is 12.3. The third-order valence-electron chi connectivity index (χ3n) is 3.94. The number of rotatable bonds is 9. The summed E-state index contributed by atoms with van der Waals surface area (Å²) in [6.07, 6.45) is 3.01. The lowest BCUT2D eigenvalue weighted by molar-refractivity contribution is -0.140. The first-order chi connectivity index (χ1) is 11.0. The fraction of sp³-hybridized carbons (Fsp3) is 0.611. The Balaban J connectivity index is 1.78. The number of carboxylic acids is 1. The lowest BCUT2D eigenvalue weighted by Gasteiger charge is -2.16. The van der Waals surface area contributed by atoms with Crippen LogP contribution in [0.5, 0.6) is 5.75 Å². The lowest BCUT2D eigenvalue weighted by atomic mass is 10.0. The van der Waals surface area contributed by atoms with Crippen molar-refractivity contribution < 1.29 is 19.4 Å². The Morgan fingerprint density at radius 2 is 2.13 bits per heavy atom. The molecular weight excluding hydrogens is 294 g/mol. The highest BCUT2D eigenvalue weighted by Crippen LogP contribution is 2.17. The maximum Gasteiger partial charge on any atom is 0.320 e. The molecule has 1 aliphatic rings. The molecule has 0 aromatic heterocycles. The molecule has 0 spiro atoms. The van der Waals surface area contributed by atoms with Crippen molar-refractivity contribution in [2.24, 2.45) is 5.92 Å². The number of hydrogen-bond donors (Lipinski definition) is 2. The molecule has 1 aromatic carbocycles. The Morgan fingerprint density at radius 3 is 2.70 bits per heavy atom. The zero-order chi connectivity index (χ0) is 16.7. The van der Waals surface area contributed by atoms with Crippen LogP contribution in [-0.4, -0.2) is 36.4 Å². The molecule has 5 nitrogen and oxygen atoms in total. The summed E-state index contributed by atoms with van der Waals surface area (Å²) in [6.45, 7) is 6.01. The summed E-state index contributed by atoms with van der Waals surface area (Å²) in [6, 6.07) is 7.26. The molecule has 2 atom stereocenters. The van der Waals surface area contributed by atoms with Crippen LogP contribution in [0.2, 0.25) is 0 Å². The van der Waals surface area contributed by atoms with Gasteiger partial charge >= 0.3 is 5.97 Å². The molecule has 2 rings (SSSR count). The maximum absolute atomic E-state index is 11.2. The van der Waals surface area contributed by atoms with E-state index in [-0.39, 0.29) is 6.10 Å². The molecule has 1 unspecified atom stereocenters. The molecular formula is C18H27NO4. The third-order valence-corrected chi connectivity index (χ3v) is 3.94.